The van der Waals surface area contributed by atoms with Crippen LogP contribution in [0, 0.1) is 45.8 Å². The van der Waals surface area contributed by atoms with Gasteiger partial charge < -0.3 is 15.3 Å². The highest BCUT2D eigenvalue weighted by molar-refractivity contribution is 6.00. The first-order valence-electron chi connectivity index (χ1n) is 13.5. The minimum absolute atomic E-state index is 0.00252. The number of ketones is 3. The molecule has 2 saturated carbocycles. The van der Waals surface area contributed by atoms with Crippen LogP contribution in [-0.4, -0.2) is 50.8 Å². The second kappa shape index (κ2) is 8.87. The lowest BCUT2D eigenvalue weighted by atomic mass is 9.45. The molecule has 7 nitrogen and oxygen atoms in total. The van der Waals surface area contributed by atoms with Gasteiger partial charge in [0.05, 0.1) is 18.1 Å². The summed E-state index contributed by atoms with van der Waals surface area (Å²) in [5.41, 5.74) is -0.431. The van der Waals surface area contributed by atoms with Gasteiger partial charge >= 0.3 is 5.97 Å². The van der Waals surface area contributed by atoms with Crippen molar-refractivity contribution in [2.75, 3.05) is 0 Å². The zero-order chi connectivity index (χ0) is 27.0. The Morgan fingerprint density at radius 2 is 1.67 bits per heavy atom. The van der Waals surface area contributed by atoms with E-state index in [2.05, 4.69) is 6.92 Å². The van der Waals surface area contributed by atoms with E-state index in [0.717, 1.165) is 0 Å². The Bertz CT molecular complexity index is 1020. The van der Waals surface area contributed by atoms with Crippen molar-refractivity contribution in [1.29, 1.82) is 0 Å². The Kier molecular flexibility index (Phi) is 6.69. The Balaban J connectivity index is 1.68. The first-order chi connectivity index (χ1) is 16.6. The van der Waals surface area contributed by atoms with Crippen LogP contribution in [0.2, 0.25) is 0 Å². The van der Waals surface area contributed by atoms with Crippen LogP contribution in [0.4, 0.5) is 0 Å². The maximum absolute atomic E-state index is 13.9. The van der Waals surface area contributed by atoms with Crippen LogP contribution in [0.1, 0.15) is 86.5 Å². The molecule has 0 aliphatic heterocycles. The Labute approximate surface area is 213 Å². The number of allylic oxidation sites excluding steroid dienone is 1. The van der Waals surface area contributed by atoms with Crippen LogP contribution in [0.15, 0.2) is 11.1 Å². The predicted molar refractivity (Wildman–Crippen MR) is 133 cm³/mol. The van der Waals surface area contributed by atoms with Crippen LogP contribution in [-0.2, 0) is 19.2 Å². The van der Waals surface area contributed by atoms with Gasteiger partial charge in [0.25, 0.3) is 0 Å². The summed E-state index contributed by atoms with van der Waals surface area (Å²) in [7, 11) is 0. The van der Waals surface area contributed by atoms with E-state index in [-0.39, 0.29) is 60.3 Å². The van der Waals surface area contributed by atoms with Crippen molar-refractivity contribution in [2.45, 2.75) is 98.7 Å². The van der Waals surface area contributed by atoms with Gasteiger partial charge in [-0.3, -0.25) is 19.2 Å². The number of Topliss-reactive ketones (excluding diaryl/α,β-unsaturated/α-hetero) is 3. The Morgan fingerprint density at radius 3 is 2.28 bits per heavy atom. The summed E-state index contributed by atoms with van der Waals surface area (Å²) in [6.45, 7) is 11.4. The van der Waals surface area contributed by atoms with Gasteiger partial charge in [0.15, 0.2) is 5.78 Å². The number of rotatable bonds is 6. The van der Waals surface area contributed by atoms with E-state index in [9.17, 15) is 29.4 Å². The van der Waals surface area contributed by atoms with E-state index in [1.807, 2.05) is 27.7 Å². The maximum Gasteiger partial charge on any atom is 0.306 e. The lowest BCUT2D eigenvalue weighted by Crippen LogP contribution is -2.57. The summed E-state index contributed by atoms with van der Waals surface area (Å²) < 4.78 is 0. The quantitative estimate of drug-likeness (QED) is 0.504. The molecule has 0 aromatic rings. The fourth-order valence-electron chi connectivity index (χ4n) is 8.87. The van der Waals surface area contributed by atoms with Crippen LogP contribution in [0.3, 0.4) is 0 Å². The highest BCUT2D eigenvalue weighted by atomic mass is 16.4. The molecule has 36 heavy (non-hydrogen) atoms. The number of carboxylic acids is 1. The molecule has 0 amide bonds. The van der Waals surface area contributed by atoms with E-state index in [0.29, 0.717) is 36.8 Å². The normalized spacial score (nSPS) is 41.3. The second-order valence-electron chi connectivity index (χ2n) is 13.4. The third-order valence-electron chi connectivity index (χ3n) is 10.7. The zero-order valence-corrected chi connectivity index (χ0v) is 22.5. The highest BCUT2D eigenvalue weighted by Crippen LogP contribution is 2.66. The molecular weight excluding hydrogens is 460 g/mol. The molecule has 4 aliphatic rings. The SMILES string of the molecule is C[C@H](CC(=O)C[C@@H](C)[C@H]1C[C@H](O)[C@H]2C3=C(C(=O)C[C@]12C)[C@@]1(C)CCC(=O)C(C)(C)[C@@H]1C[C@@H]3O)C(=O)O. The van der Waals surface area contributed by atoms with Gasteiger partial charge in [0, 0.05) is 48.0 Å². The Hall–Kier alpha value is -1.86. The summed E-state index contributed by atoms with van der Waals surface area (Å²) in [6, 6.07) is 0. The lowest BCUT2D eigenvalue weighted by molar-refractivity contribution is -0.144. The van der Waals surface area contributed by atoms with Crippen molar-refractivity contribution in [3.63, 3.8) is 0 Å². The van der Waals surface area contributed by atoms with Crippen LogP contribution >= 0.6 is 0 Å². The van der Waals surface area contributed by atoms with Gasteiger partial charge in [0.2, 0.25) is 0 Å². The highest BCUT2D eigenvalue weighted by Gasteiger charge is 2.65. The van der Waals surface area contributed by atoms with Crippen molar-refractivity contribution in [1.82, 2.24) is 0 Å². The molecular formula is C29H42O7. The average molecular weight is 503 g/mol. The fraction of sp³-hybridized carbons (Fsp3) is 0.793. The van der Waals surface area contributed by atoms with Crippen LogP contribution in [0.5, 0.6) is 0 Å². The molecule has 0 unspecified atom stereocenters. The fourth-order valence-corrected chi connectivity index (χ4v) is 8.87. The monoisotopic (exact) mass is 502 g/mol. The summed E-state index contributed by atoms with van der Waals surface area (Å²) in [5.74, 6) is -2.46. The number of carbonyl (C=O) groups excluding carboxylic acids is 3. The predicted octanol–water partition coefficient (Wildman–Crippen LogP) is 3.74. The van der Waals surface area contributed by atoms with Crippen LogP contribution in [0.25, 0.3) is 0 Å². The molecule has 3 N–H and O–H groups in total. The number of hydrogen-bond acceptors (Lipinski definition) is 6. The second-order valence-corrected chi connectivity index (χ2v) is 13.4. The molecule has 4 aliphatic carbocycles. The first kappa shape index (κ1) is 27.2. The number of aliphatic hydroxyl groups excluding tert-OH is 2. The molecule has 200 valence electrons. The van der Waals surface area contributed by atoms with E-state index in [4.69, 9.17) is 5.11 Å². The molecule has 2 fully saturated rings. The standard InChI is InChI=1S/C29H42O7/c1-14(9-16(30)10-15(2)26(35)36)17-11-19(32)24-23-18(31)12-21-27(3,4)22(34)7-8-28(21,5)25(23)20(33)13-29(17,24)6/h14-15,17-19,21,24,31-32H,7-13H2,1-6H3,(H,35,36)/t14-,15-,17-,18+,19+,21+,24+,28+,29-/m1/s1. The smallest absolute Gasteiger partial charge is 0.306 e. The average Bonchev–Trinajstić information content (AvgIpc) is 3.02. The molecule has 4 rings (SSSR count). The zero-order valence-electron chi connectivity index (χ0n) is 22.5. The van der Waals surface area contributed by atoms with E-state index < -0.39 is 40.3 Å². The van der Waals surface area contributed by atoms with Gasteiger partial charge in [-0.1, -0.05) is 41.5 Å². The van der Waals surface area contributed by atoms with Crippen molar-refractivity contribution < 1.29 is 34.5 Å². The van der Waals surface area contributed by atoms with Gasteiger partial charge in [-0.15, -0.1) is 0 Å². The van der Waals surface area contributed by atoms with Gasteiger partial charge in [-0.2, -0.15) is 0 Å². The van der Waals surface area contributed by atoms with E-state index in [1.54, 1.807) is 0 Å². The van der Waals surface area contributed by atoms with Crippen molar-refractivity contribution >= 4 is 23.3 Å². The first-order valence-corrected chi connectivity index (χ1v) is 13.5. The molecule has 0 radical (unpaired) electrons. The number of fused-ring (bicyclic) bond motifs is 4. The molecule has 0 aromatic carbocycles. The molecule has 9 atom stereocenters. The molecule has 7 heteroatoms. The minimum Gasteiger partial charge on any atom is -0.481 e. The molecule has 0 bridgehead atoms. The molecule has 0 aromatic heterocycles. The van der Waals surface area contributed by atoms with Gasteiger partial charge in [0.1, 0.15) is 11.6 Å². The number of hydrogen-bond donors (Lipinski definition) is 3. The summed E-state index contributed by atoms with van der Waals surface area (Å²) in [6.07, 6.45) is 0.601. The molecule has 0 spiro atoms. The lowest BCUT2D eigenvalue weighted by Gasteiger charge is -2.58. The van der Waals surface area contributed by atoms with Crippen LogP contribution < -0.4 is 0 Å². The number of carbonyl (C=O) groups is 4. The summed E-state index contributed by atoms with van der Waals surface area (Å²) in [4.78, 5) is 50.5. The minimum atomic E-state index is -0.998. The third-order valence-corrected chi connectivity index (χ3v) is 10.7. The van der Waals surface area contributed by atoms with Gasteiger partial charge in [-0.05, 0) is 48.0 Å². The number of aliphatic carboxylic acids is 1. The van der Waals surface area contributed by atoms with E-state index in [1.165, 1.54) is 6.92 Å². The van der Waals surface area contributed by atoms with Crippen molar-refractivity contribution in [3.8, 4) is 0 Å². The van der Waals surface area contributed by atoms with Crippen molar-refractivity contribution in [2.24, 2.45) is 45.8 Å². The molecule has 0 saturated heterocycles. The summed E-state index contributed by atoms with van der Waals surface area (Å²) >= 11 is 0. The maximum atomic E-state index is 13.9. The van der Waals surface area contributed by atoms with Gasteiger partial charge in [-0.25, -0.2) is 0 Å². The van der Waals surface area contributed by atoms with Crippen molar-refractivity contribution in [3.05, 3.63) is 11.1 Å². The topological polar surface area (TPSA) is 129 Å². The Morgan fingerprint density at radius 1 is 1.03 bits per heavy atom. The molecule has 0 heterocycles. The largest absolute Gasteiger partial charge is 0.481 e. The third kappa shape index (κ3) is 3.92. The number of aliphatic hydroxyl groups is 2. The summed E-state index contributed by atoms with van der Waals surface area (Å²) in [5, 5.41) is 32.0. The van der Waals surface area contributed by atoms with E-state index >= 15 is 0 Å². The number of carboxylic acid groups (broad SMARTS) is 1.